The Morgan fingerprint density at radius 1 is 1.25 bits per heavy atom. The number of thiazole rings is 1. The van der Waals surface area contributed by atoms with Crippen molar-refractivity contribution in [1.29, 1.82) is 0 Å². The van der Waals surface area contributed by atoms with Crippen molar-refractivity contribution in [2.75, 3.05) is 13.2 Å². The van der Waals surface area contributed by atoms with Gasteiger partial charge in [-0.25, -0.2) is 9.79 Å². The highest BCUT2D eigenvalue weighted by Gasteiger charge is 2.35. The normalized spacial score (nSPS) is 16.0. The minimum Gasteiger partial charge on any atom is -0.494 e. The van der Waals surface area contributed by atoms with Crippen LogP contribution in [0.4, 0.5) is 0 Å². The molecule has 3 heterocycles. The van der Waals surface area contributed by atoms with Crippen molar-refractivity contribution in [1.82, 2.24) is 4.57 Å². The lowest BCUT2D eigenvalue weighted by Crippen LogP contribution is -2.40. The van der Waals surface area contributed by atoms with Crippen LogP contribution >= 0.6 is 27.3 Å². The maximum absolute atomic E-state index is 13.5. The third-order valence-corrected chi connectivity index (χ3v) is 6.31. The number of nitrogens with zero attached hydrogens (tertiary/aromatic N) is 2. The van der Waals surface area contributed by atoms with Gasteiger partial charge in [-0.15, -0.1) is 0 Å². The van der Waals surface area contributed by atoms with Crippen molar-refractivity contribution in [3.63, 3.8) is 0 Å². The first-order valence-corrected chi connectivity index (χ1v) is 11.7. The molecule has 7 nitrogen and oxygen atoms in total. The number of furan rings is 1. The van der Waals surface area contributed by atoms with Gasteiger partial charge in [0.25, 0.3) is 5.56 Å². The first-order chi connectivity index (χ1) is 15.4. The Bertz CT molecular complexity index is 1380. The zero-order valence-electron chi connectivity index (χ0n) is 17.8. The lowest BCUT2D eigenvalue weighted by molar-refractivity contribution is -0.139. The third-order valence-electron chi connectivity index (χ3n) is 4.90. The predicted molar refractivity (Wildman–Crippen MR) is 124 cm³/mol. The van der Waals surface area contributed by atoms with Crippen LogP contribution in [0.5, 0.6) is 5.75 Å². The SMILES string of the molecule is CCOC(=O)C1=C(C)N=c2s/c(=C\c3ccc(Br)o3)c(=O)n2[C@@H]1c1ccccc1OCC. The van der Waals surface area contributed by atoms with E-state index in [0.717, 1.165) is 0 Å². The molecule has 1 aliphatic heterocycles. The average Bonchev–Trinajstić information content (AvgIpc) is 3.30. The summed E-state index contributed by atoms with van der Waals surface area (Å²) in [7, 11) is 0. The standard InChI is InChI=1S/C23H21BrN2O5S/c1-4-29-16-9-7-6-8-15(16)20-19(22(28)30-5-2)13(3)25-23-26(20)21(27)17(32-23)12-14-10-11-18(24)31-14/h6-12,20H,4-5H2,1-3H3/b17-12-/t20-/m1/s1. The largest absolute Gasteiger partial charge is 0.494 e. The molecular weight excluding hydrogens is 496 g/mol. The van der Waals surface area contributed by atoms with Gasteiger partial charge in [0.1, 0.15) is 17.6 Å². The molecule has 166 valence electrons. The molecule has 0 N–H and O–H groups in total. The van der Waals surface area contributed by atoms with E-state index >= 15 is 0 Å². The van der Waals surface area contributed by atoms with Gasteiger partial charge in [0.2, 0.25) is 0 Å². The molecule has 2 aromatic heterocycles. The molecule has 0 saturated carbocycles. The lowest BCUT2D eigenvalue weighted by atomic mass is 9.95. The van der Waals surface area contributed by atoms with Gasteiger partial charge in [0, 0.05) is 11.6 Å². The molecule has 0 aliphatic carbocycles. The molecule has 0 saturated heterocycles. The highest BCUT2D eigenvalue weighted by Crippen LogP contribution is 2.35. The number of halogens is 1. The van der Waals surface area contributed by atoms with Gasteiger partial charge in [-0.2, -0.15) is 0 Å². The second-order valence-electron chi connectivity index (χ2n) is 6.91. The number of allylic oxidation sites excluding steroid dienone is 1. The van der Waals surface area contributed by atoms with E-state index in [-0.39, 0.29) is 12.2 Å². The molecule has 0 fully saturated rings. The van der Waals surface area contributed by atoms with E-state index in [1.54, 1.807) is 32.1 Å². The number of esters is 1. The van der Waals surface area contributed by atoms with Gasteiger partial charge in [0.15, 0.2) is 9.47 Å². The minimum absolute atomic E-state index is 0.216. The number of carbonyl (C=O) groups is 1. The Hall–Kier alpha value is -2.91. The fourth-order valence-electron chi connectivity index (χ4n) is 3.61. The van der Waals surface area contributed by atoms with Crippen molar-refractivity contribution < 1.29 is 18.7 Å². The second kappa shape index (κ2) is 9.30. The number of para-hydroxylation sites is 1. The van der Waals surface area contributed by atoms with E-state index in [1.807, 2.05) is 31.2 Å². The topological polar surface area (TPSA) is 83.0 Å². The fraction of sp³-hybridized carbons (Fsp3) is 0.261. The van der Waals surface area contributed by atoms with Crippen LogP contribution in [-0.2, 0) is 9.53 Å². The molecule has 1 aliphatic rings. The minimum atomic E-state index is -0.724. The number of fused-ring (bicyclic) bond motifs is 1. The summed E-state index contributed by atoms with van der Waals surface area (Å²) in [5.41, 5.74) is 1.25. The maximum Gasteiger partial charge on any atom is 0.338 e. The van der Waals surface area contributed by atoms with E-state index in [4.69, 9.17) is 13.9 Å². The van der Waals surface area contributed by atoms with Crippen LogP contribution in [-0.4, -0.2) is 23.8 Å². The van der Waals surface area contributed by atoms with E-state index < -0.39 is 12.0 Å². The molecule has 0 unspecified atom stereocenters. The van der Waals surface area contributed by atoms with Crippen LogP contribution in [0.15, 0.2) is 66.5 Å². The van der Waals surface area contributed by atoms with Crippen LogP contribution < -0.4 is 19.6 Å². The lowest BCUT2D eigenvalue weighted by Gasteiger charge is -2.26. The summed E-state index contributed by atoms with van der Waals surface area (Å²) in [5, 5.41) is 0. The van der Waals surface area contributed by atoms with E-state index in [0.29, 0.717) is 49.0 Å². The van der Waals surface area contributed by atoms with Crippen molar-refractivity contribution in [3.05, 3.63) is 83.3 Å². The van der Waals surface area contributed by atoms with Crippen molar-refractivity contribution >= 4 is 39.3 Å². The summed E-state index contributed by atoms with van der Waals surface area (Å²) < 4.78 is 19.2. The van der Waals surface area contributed by atoms with E-state index in [2.05, 4.69) is 20.9 Å². The molecule has 4 rings (SSSR count). The Morgan fingerprint density at radius 3 is 2.72 bits per heavy atom. The predicted octanol–water partition coefficient (Wildman–Crippen LogP) is 3.55. The maximum atomic E-state index is 13.5. The summed E-state index contributed by atoms with van der Waals surface area (Å²) in [5.74, 6) is 0.630. The van der Waals surface area contributed by atoms with Gasteiger partial charge >= 0.3 is 5.97 Å². The number of hydrogen-bond donors (Lipinski definition) is 0. The van der Waals surface area contributed by atoms with E-state index in [1.165, 1.54) is 15.9 Å². The molecule has 0 spiro atoms. The third kappa shape index (κ3) is 4.10. The zero-order valence-corrected chi connectivity index (χ0v) is 20.2. The van der Waals surface area contributed by atoms with Crippen molar-refractivity contribution in [2.24, 2.45) is 4.99 Å². The highest BCUT2D eigenvalue weighted by atomic mass is 79.9. The first-order valence-electron chi connectivity index (χ1n) is 10.1. The van der Waals surface area contributed by atoms with Crippen LogP contribution in [0, 0.1) is 0 Å². The summed E-state index contributed by atoms with van der Waals surface area (Å²) in [6, 6.07) is 10.2. The van der Waals surface area contributed by atoms with Gasteiger partial charge in [-0.3, -0.25) is 9.36 Å². The highest BCUT2D eigenvalue weighted by molar-refractivity contribution is 9.10. The molecule has 9 heteroatoms. The van der Waals surface area contributed by atoms with Gasteiger partial charge < -0.3 is 13.9 Å². The molecule has 0 bridgehead atoms. The van der Waals surface area contributed by atoms with Crippen LogP contribution in [0.2, 0.25) is 0 Å². The number of aromatic nitrogens is 1. The summed E-state index contributed by atoms with van der Waals surface area (Å²) in [4.78, 5) is 31.5. The Labute approximate surface area is 196 Å². The van der Waals surface area contributed by atoms with Crippen molar-refractivity contribution in [3.8, 4) is 5.75 Å². The molecule has 1 aromatic carbocycles. The Kier molecular flexibility index (Phi) is 6.48. The van der Waals surface area contributed by atoms with Crippen LogP contribution in [0.25, 0.3) is 6.08 Å². The second-order valence-corrected chi connectivity index (χ2v) is 8.71. The number of carbonyl (C=O) groups excluding carboxylic acids is 1. The summed E-state index contributed by atoms with van der Waals surface area (Å²) in [6.07, 6.45) is 1.67. The van der Waals surface area contributed by atoms with Crippen molar-refractivity contribution in [2.45, 2.75) is 26.8 Å². The monoisotopic (exact) mass is 516 g/mol. The fourth-order valence-corrected chi connectivity index (χ4v) is 4.96. The average molecular weight is 517 g/mol. The number of ether oxygens (including phenoxy) is 2. The molecule has 1 atom stereocenters. The number of rotatable bonds is 6. The van der Waals surface area contributed by atoms with Gasteiger partial charge in [-0.05, 0) is 54.9 Å². The molecule has 3 aromatic rings. The zero-order chi connectivity index (χ0) is 22.8. The number of benzene rings is 1. The quantitative estimate of drug-likeness (QED) is 0.467. The van der Waals surface area contributed by atoms with Crippen LogP contribution in [0.3, 0.4) is 0 Å². The molecule has 0 radical (unpaired) electrons. The van der Waals surface area contributed by atoms with Gasteiger partial charge in [-0.1, -0.05) is 29.5 Å². The first kappa shape index (κ1) is 22.3. The van der Waals surface area contributed by atoms with Gasteiger partial charge in [0.05, 0.1) is 29.0 Å². The molecular formula is C23H21BrN2O5S. The molecule has 0 amide bonds. The van der Waals surface area contributed by atoms with Crippen LogP contribution in [0.1, 0.15) is 38.1 Å². The smallest absolute Gasteiger partial charge is 0.338 e. The number of hydrogen-bond acceptors (Lipinski definition) is 7. The molecule has 32 heavy (non-hydrogen) atoms. The summed E-state index contributed by atoms with van der Waals surface area (Å²) in [6.45, 7) is 6.05. The Balaban J connectivity index is 1.99. The van der Waals surface area contributed by atoms with E-state index in [9.17, 15) is 9.59 Å². The Morgan fingerprint density at radius 2 is 2.03 bits per heavy atom. The summed E-state index contributed by atoms with van der Waals surface area (Å²) >= 11 is 4.51.